The van der Waals surface area contributed by atoms with E-state index in [0.717, 1.165) is 65.4 Å². The highest BCUT2D eigenvalue weighted by Gasteiger charge is 2.28. The Morgan fingerprint density at radius 2 is 1.85 bits per heavy atom. The molecular weight excluding hydrogens is 450 g/mol. The summed E-state index contributed by atoms with van der Waals surface area (Å²) in [4.78, 5) is 19.1. The molecule has 174 valence electrons. The van der Waals surface area contributed by atoms with E-state index in [9.17, 15) is 4.79 Å². The lowest BCUT2D eigenvalue weighted by Gasteiger charge is -2.31. The Morgan fingerprint density at radius 3 is 2.56 bits per heavy atom. The number of pyridine rings is 1. The Bertz CT molecular complexity index is 1310. The first-order valence-corrected chi connectivity index (χ1v) is 11.8. The molecule has 0 unspecified atom stereocenters. The van der Waals surface area contributed by atoms with E-state index < -0.39 is 0 Å². The molecule has 0 bridgehead atoms. The molecule has 34 heavy (non-hydrogen) atoms. The maximum absolute atomic E-state index is 12.7. The number of halogens is 1. The number of nitrogens with one attached hydrogen (secondary N) is 1. The summed E-state index contributed by atoms with van der Waals surface area (Å²) < 4.78 is 1.92. The standard InChI is InChI=1S/C25H26ClN7O/c1-16-22-17(2)33(21-8-6-19(26)7-9-21)31-23(22)24(30-29-16)32-13-10-18(11-14-32)25(34)28-15-20-5-3-4-12-27-20/h3-9,12,18H,10-11,13-15H2,1-2H3,(H,28,34). The summed E-state index contributed by atoms with van der Waals surface area (Å²) in [6.07, 6.45) is 3.24. The number of hydrogen-bond acceptors (Lipinski definition) is 6. The number of nitrogens with zero attached hydrogens (tertiary/aromatic N) is 6. The van der Waals surface area contributed by atoms with Crippen LogP contribution in [0.15, 0.2) is 48.7 Å². The molecule has 4 heterocycles. The van der Waals surface area contributed by atoms with E-state index >= 15 is 0 Å². The number of aryl methyl sites for hydroxylation is 2. The molecule has 1 amide bonds. The molecule has 0 saturated carbocycles. The SMILES string of the molecule is Cc1nnc(N2CCC(C(=O)NCc3ccccn3)CC2)c2nn(-c3ccc(Cl)cc3)c(C)c12. The fourth-order valence-electron chi connectivity index (χ4n) is 4.54. The Labute approximate surface area is 203 Å². The van der Waals surface area contributed by atoms with Gasteiger partial charge in [0.25, 0.3) is 0 Å². The van der Waals surface area contributed by atoms with Crippen LogP contribution in [0.2, 0.25) is 5.02 Å². The first-order valence-electron chi connectivity index (χ1n) is 11.4. The van der Waals surface area contributed by atoms with E-state index in [1.54, 1.807) is 6.20 Å². The van der Waals surface area contributed by atoms with Crippen LogP contribution in [0.1, 0.15) is 29.9 Å². The number of carbonyl (C=O) groups is 1. The number of hydrogen-bond donors (Lipinski definition) is 1. The Balaban J connectivity index is 1.33. The van der Waals surface area contributed by atoms with Gasteiger partial charge in [-0.15, -0.1) is 5.10 Å². The number of rotatable bonds is 5. The summed E-state index contributed by atoms with van der Waals surface area (Å²) in [6.45, 7) is 5.90. The Morgan fingerprint density at radius 1 is 1.09 bits per heavy atom. The van der Waals surface area contributed by atoms with Crippen LogP contribution in [0.5, 0.6) is 0 Å². The third-order valence-corrected chi connectivity index (χ3v) is 6.64. The first-order chi connectivity index (χ1) is 16.5. The van der Waals surface area contributed by atoms with Gasteiger partial charge in [-0.3, -0.25) is 9.78 Å². The molecule has 1 fully saturated rings. The lowest BCUT2D eigenvalue weighted by atomic mass is 9.95. The van der Waals surface area contributed by atoms with Gasteiger partial charge in [0.05, 0.1) is 34.7 Å². The van der Waals surface area contributed by atoms with Crippen molar-refractivity contribution in [2.45, 2.75) is 33.2 Å². The maximum atomic E-state index is 12.7. The fraction of sp³-hybridized carbons (Fsp3) is 0.320. The molecule has 1 aliphatic rings. The molecule has 1 aromatic carbocycles. The monoisotopic (exact) mass is 475 g/mol. The van der Waals surface area contributed by atoms with Crippen molar-refractivity contribution in [3.63, 3.8) is 0 Å². The van der Waals surface area contributed by atoms with Crippen molar-refractivity contribution >= 4 is 34.2 Å². The van der Waals surface area contributed by atoms with Crippen LogP contribution in [0, 0.1) is 19.8 Å². The average molecular weight is 476 g/mol. The van der Waals surface area contributed by atoms with Crippen LogP contribution in [0.4, 0.5) is 5.82 Å². The Kier molecular flexibility index (Phi) is 6.15. The molecule has 1 aliphatic heterocycles. The van der Waals surface area contributed by atoms with Crippen LogP contribution in [0.25, 0.3) is 16.6 Å². The number of benzene rings is 1. The number of carbonyl (C=O) groups excluding carboxylic acids is 1. The summed E-state index contributed by atoms with van der Waals surface area (Å²) in [5.41, 5.74) is 4.48. The van der Waals surface area contributed by atoms with Gasteiger partial charge in [0.2, 0.25) is 5.91 Å². The van der Waals surface area contributed by atoms with E-state index in [4.69, 9.17) is 16.7 Å². The second kappa shape index (κ2) is 9.38. The zero-order valence-electron chi connectivity index (χ0n) is 19.2. The summed E-state index contributed by atoms with van der Waals surface area (Å²) in [5.74, 6) is 0.819. The highest BCUT2D eigenvalue weighted by Crippen LogP contribution is 2.31. The van der Waals surface area contributed by atoms with Gasteiger partial charge in [0, 0.05) is 30.2 Å². The van der Waals surface area contributed by atoms with Crippen LogP contribution in [-0.2, 0) is 11.3 Å². The van der Waals surface area contributed by atoms with Crippen LogP contribution >= 0.6 is 11.6 Å². The van der Waals surface area contributed by atoms with E-state index in [-0.39, 0.29) is 11.8 Å². The minimum absolute atomic E-state index is 0.0257. The number of amides is 1. The summed E-state index contributed by atoms with van der Waals surface area (Å²) >= 11 is 6.07. The van der Waals surface area contributed by atoms with Crippen LogP contribution < -0.4 is 10.2 Å². The molecule has 0 atom stereocenters. The van der Waals surface area contributed by atoms with E-state index in [1.807, 2.05) is 61.0 Å². The average Bonchev–Trinajstić information content (AvgIpc) is 3.22. The molecular formula is C25H26ClN7O. The van der Waals surface area contributed by atoms with Crippen molar-refractivity contribution in [2.24, 2.45) is 5.92 Å². The highest BCUT2D eigenvalue weighted by molar-refractivity contribution is 6.30. The molecule has 0 aliphatic carbocycles. The smallest absolute Gasteiger partial charge is 0.223 e. The number of fused-ring (bicyclic) bond motifs is 1. The summed E-state index contributed by atoms with van der Waals surface area (Å²) in [6, 6.07) is 13.3. The molecule has 9 heteroatoms. The first kappa shape index (κ1) is 22.3. The maximum Gasteiger partial charge on any atom is 0.223 e. The lowest BCUT2D eigenvalue weighted by molar-refractivity contribution is -0.125. The molecule has 0 radical (unpaired) electrons. The summed E-state index contributed by atoms with van der Waals surface area (Å²) in [5, 5.41) is 18.6. The van der Waals surface area contributed by atoms with E-state index in [0.29, 0.717) is 11.6 Å². The fourth-order valence-corrected chi connectivity index (χ4v) is 4.66. The number of aromatic nitrogens is 5. The normalized spacial score (nSPS) is 14.5. The predicted octanol–water partition coefficient (Wildman–Crippen LogP) is 4.01. The van der Waals surface area contributed by atoms with Crippen molar-refractivity contribution in [2.75, 3.05) is 18.0 Å². The van der Waals surface area contributed by atoms with Gasteiger partial charge in [0.15, 0.2) is 5.82 Å². The zero-order chi connectivity index (χ0) is 23.7. The largest absolute Gasteiger partial charge is 0.353 e. The topological polar surface area (TPSA) is 88.8 Å². The van der Waals surface area contributed by atoms with E-state index in [1.165, 1.54) is 0 Å². The Hall–Kier alpha value is -3.52. The zero-order valence-corrected chi connectivity index (χ0v) is 20.0. The van der Waals surface area contributed by atoms with Crippen LogP contribution in [-0.4, -0.2) is 44.0 Å². The van der Waals surface area contributed by atoms with E-state index in [2.05, 4.69) is 25.4 Å². The van der Waals surface area contributed by atoms with Crippen molar-refractivity contribution in [1.82, 2.24) is 30.3 Å². The van der Waals surface area contributed by atoms with Crippen molar-refractivity contribution in [3.8, 4) is 5.69 Å². The van der Waals surface area contributed by atoms with Gasteiger partial charge >= 0.3 is 0 Å². The van der Waals surface area contributed by atoms with Crippen molar-refractivity contribution in [3.05, 3.63) is 70.8 Å². The molecule has 8 nitrogen and oxygen atoms in total. The van der Waals surface area contributed by atoms with Gasteiger partial charge in [0.1, 0.15) is 5.52 Å². The quantitative estimate of drug-likeness (QED) is 0.469. The third-order valence-electron chi connectivity index (χ3n) is 6.39. The second-order valence-corrected chi connectivity index (χ2v) is 9.04. The van der Waals surface area contributed by atoms with Gasteiger partial charge in [-0.05, 0) is 63.1 Å². The molecule has 3 aromatic heterocycles. The molecule has 0 spiro atoms. The third kappa shape index (κ3) is 4.33. The molecule has 4 aromatic rings. The number of piperidine rings is 1. The summed E-state index contributed by atoms with van der Waals surface area (Å²) in [7, 11) is 0. The highest BCUT2D eigenvalue weighted by atomic mass is 35.5. The predicted molar refractivity (Wildman–Crippen MR) is 132 cm³/mol. The van der Waals surface area contributed by atoms with Gasteiger partial charge in [-0.2, -0.15) is 10.2 Å². The van der Waals surface area contributed by atoms with Crippen molar-refractivity contribution < 1.29 is 4.79 Å². The van der Waals surface area contributed by atoms with Gasteiger partial charge in [-0.1, -0.05) is 17.7 Å². The number of anilines is 1. The van der Waals surface area contributed by atoms with Crippen molar-refractivity contribution in [1.29, 1.82) is 0 Å². The van der Waals surface area contributed by atoms with Gasteiger partial charge < -0.3 is 10.2 Å². The minimum Gasteiger partial charge on any atom is -0.353 e. The molecule has 1 N–H and O–H groups in total. The van der Waals surface area contributed by atoms with Gasteiger partial charge in [-0.25, -0.2) is 4.68 Å². The molecule has 5 rings (SSSR count). The molecule has 1 saturated heterocycles. The minimum atomic E-state index is -0.0257. The van der Waals surface area contributed by atoms with Crippen LogP contribution in [0.3, 0.4) is 0 Å². The lowest BCUT2D eigenvalue weighted by Crippen LogP contribution is -2.41. The second-order valence-electron chi connectivity index (χ2n) is 8.61.